The van der Waals surface area contributed by atoms with Gasteiger partial charge in [0.1, 0.15) is 0 Å². The zero-order chi connectivity index (χ0) is 16.1. The molecule has 122 valence electrons. The third-order valence-corrected chi connectivity index (χ3v) is 4.38. The van der Waals surface area contributed by atoms with Crippen molar-refractivity contribution in [2.24, 2.45) is 5.92 Å². The average Bonchev–Trinajstić information content (AvgIpc) is 3.14. The first-order valence-electron chi connectivity index (χ1n) is 8.27. The number of carbonyl (C=O) groups excluding carboxylic acids is 1. The summed E-state index contributed by atoms with van der Waals surface area (Å²) in [5.41, 5.74) is 2.04. The molecule has 0 saturated carbocycles. The van der Waals surface area contributed by atoms with Crippen LogP contribution in [0.1, 0.15) is 31.7 Å². The Hall–Kier alpha value is -2.14. The maximum absolute atomic E-state index is 12.5. The predicted molar refractivity (Wildman–Crippen MR) is 88.2 cm³/mol. The number of benzene rings is 1. The number of para-hydroxylation sites is 1. The van der Waals surface area contributed by atoms with E-state index < -0.39 is 0 Å². The topological polar surface area (TPSA) is 56.1 Å². The van der Waals surface area contributed by atoms with Crippen molar-refractivity contribution in [3.63, 3.8) is 0 Å². The first-order valence-corrected chi connectivity index (χ1v) is 8.27. The van der Waals surface area contributed by atoms with Crippen molar-refractivity contribution in [2.75, 3.05) is 6.61 Å². The summed E-state index contributed by atoms with van der Waals surface area (Å²) < 4.78 is 7.54. The van der Waals surface area contributed by atoms with Gasteiger partial charge in [-0.3, -0.25) is 4.79 Å². The van der Waals surface area contributed by atoms with Crippen LogP contribution in [0.4, 0.5) is 0 Å². The maximum atomic E-state index is 12.5. The first-order chi connectivity index (χ1) is 11.3. The van der Waals surface area contributed by atoms with Gasteiger partial charge >= 0.3 is 0 Å². The highest BCUT2D eigenvalue weighted by Crippen LogP contribution is 2.23. The molecule has 0 unspecified atom stereocenters. The maximum Gasteiger partial charge on any atom is 0.226 e. The number of nitrogens with one attached hydrogen (secondary N) is 1. The van der Waals surface area contributed by atoms with Crippen LogP contribution in [0.25, 0.3) is 5.69 Å². The molecule has 1 aromatic heterocycles. The van der Waals surface area contributed by atoms with Crippen LogP contribution < -0.4 is 5.32 Å². The van der Waals surface area contributed by atoms with Crippen molar-refractivity contribution in [1.82, 2.24) is 15.1 Å². The molecule has 0 aliphatic carbocycles. The van der Waals surface area contributed by atoms with Gasteiger partial charge in [-0.2, -0.15) is 5.10 Å². The van der Waals surface area contributed by atoms with Gasteiger partial charge < -0.3 is 10.1 Å². The quantitative estimate of drug-likeness (QED) is 0.923. The summed E-state index contributed by atoms with van der Waals surface area (Å²) >= 11 is 0. The van der Waals surface area contributed by atoms with Crippen LogP contribution >= 0.6 is 0 Å². The number of rotatable bonds is 5. The highest BCUT2D eigenvalue weighted by atomic mass is 16.5. The van der Waals surface area contributed by atoms with Gasteiger partial charge in [0, 0.05) is 25.5 Å². The zero-order valence-electron chi connectivity index (χ0n) is 13.4. The van der Waals surface area contributed by atoms with Gasteiger partial charge in [0.05, 0.1) is 17.7 Å². The summed E-state index contributed by atoms with van der Waals surface area (Å²) in [4.78, 5) is 12.5. The summed E-state index contributed by atoms with van der Waals surface area (Å²) in [5, 5.41) is 7.35. The number of nitrogens with zero attached hydrogens (tertiary/aromatic N) is 2. The molecule has 1 aliphatic heterocycles. The second-order valence-corrected chi connectivity index (χ2v) is 5.86. The van der Waals surface area contributed by atoms with E-state index in [9.17, 15) is 4.79 Å². The second-order valence-electron chi connectivity index (χ2n) is 5.86. The monoisotopic (exact) mass is 313 g/mol. The van der Waals surface area contributed by atoms with Crippen LogP contribution in [0.2, 0.25) is 0 Å². The molecule has 0 spiro atoms. The Balaban J connectivity index is 1.68. The van der Waals surface area contributed by atoms with Gasteiger partial charge in [-0.15, -0.1) is 0 Å². The molecule has 0 radical (unpaired) electrons. The lowest BCUT2D eigenvalue weighted by molar-refractivity contribution is -0.134. The average molecular weight is 313 g/mol. The van der Waals surface area contributed by atoms with Gasteiger partial charge in [-0.05, 0) is 37.0 Å². The molecule has 23 heavy (non-hydrogen) atoms. The predicted octanol–water partition coefficient (Wildman–Crippen LogP) is 2.69. The van der Waals surface area contributed by atoms with E-state index in [4.69, 9.17) is 4.74 Å². The molecule has 1 saturated heterocycles. The largest absolute Gasteiger partial charge is 0.377 e. The number of aromatic nitrogens is 2. The molecule has 5 nitrogen and oxygen atoms in total. The molecule has 2 aromatic rings. The minimum Gasteiger partial charge on any atom is -0.377 e. The standard InChI is InChI=1S/C18H23N3O2/c1-2-17-15(8-5-12-23-17)18(22)19-13-14-7-3-4-9-16(14)21-11-6-10-20-21/h3-4,6-7,9-11,15,17H,2,5,8,12-13H2,1H3,(H,19,22)/t15-,17-/m0/s1. The van der Waals surface area contributed by atoms with E-state index in [-0.39, 0.29) is 17.9 Å². The molecule has 2 atom stereocenters. The fourth-order valence-corrected chi connectivity index (χ4v) is 3.15. The third kappa shape index (κ3) is 3.62. The summed E-state index contributed by atoms with van der Waals surface area (Å²) in [6.07, 6.45) is 6.44. The first kappa shape index (κ1) is 15.7. The normalized spacial score (nSPS) is 21.1. The number of hydrogen-bond acceptors (Lipinski definition) is 3. The van der Waals surface area contributed by atoms with E-state index in [0.717, 1.165) is 37.1 Å². The van der Waals surface area contributed by atoms with Gasteiger partial charge in [0.2, 0.25) is 5.91 Å². The van der Waals surface area contributed by atoms with Crippen molar-refractivity contribution in [3.8, 4) is 5.69 Å². The SMILES string of the molecule is CC[C@@H]1OCCC[C@@H]1C(=O)NCc1ccccc1-n1cccn1. The minimum absolute atomic E-state index is 0.0365. The number of amides is 1. The molecule has 5 heteroatoms. The fourth-order valence-electron chi connectivity index (χ4n) is 3.15. The molecule has 1 fully saturated rings. The number of carbonyl (C=O) groups is 1. The fraction of sp³-hybridized carbons (Fsp3) is 0.444. The lowest BCUT2D eigenvalue weighted by Gasteiger charge is -2.30. The Labute approximate surface area is 136 Å². The van der Waals surface area contributed by atoms with Crippen LogP contribution in [-0.2, 0) is 16.1 Å². The Morgan fingerprint density at radius 2 is 2.26 bits per heavy atom. The second kappa shape index (κ2) is 7.42. The molecule has 3 rings (SSSR count). The molecular weight excluding hydrogens is 290 g/mol. The van der Waals surface area contributed by atoms with Crippen molar-refractivity contribution < 1.29 is 9.53 Å². The molecule has 1 aliphatic rings. The van der Waals surface area contributed by atoms with Crippen molar-refractivity contribution in [2.45, 2.75) is 38.8 Å². The van der Waals surface area contributed by atoms with E-state index in [0.29, 0.717) is 6.54 Å². The smallest absolute Gasteiger partial charge is 0.226 e. The van der Waals surface area contributed by atoms with Crippen molar-refractivity contribution in [3.05, 3.63) is 48.3 Å². The van der Waals surface area contributed by atoms with Gasteiger partial charge in [0.25, 0.3) is 0 Å². The lowest BCUT2D eigenvalue weighted by Crippen LogP contribution is -2.41. The van der Waals surface area contributed by atoms with E-state index in [1.54, 1.807) is 6.20 Å². The third-order valence-electron chi connectivity index (χ3n) is 4.38. The minimum atomic E-state index is -0.0365. The van der Waals surface area contributed by atoms with Crippen LogP contribution in [-0.4, -0.2) is 28.4 Å². The Kier molecular flexibility index (Phi) is 5.08. The van der Waals surface area contributed by atoms with E-state index in [1.165, 1.54) is 0 Å². The Bertz CT molecular complexity index is 639. The highest BCUT2D eigenvalue weighted by molar-refractivity contribution is 5.79. The van der Waals surface area contributed by atoms with Gasteiger partial charge in [-0.25, -0.2) is 4.68 Å². The zero-order valence-corrected chi connectivity index (χ0v) is 13.4. The molecule has 1 amide bonds. The molecule has 2 heterocycles. The van der Waals surface area contributed by atoms with E-state index >= 15 is 0 Å². The number of hydrogen-bond donors (Lipinski definition) is 1. The molecule has 1 N–H and O–H groups in total. The molecule has 1 aromatic carbocycles. The van der Waals surface area contributed by atoms with Gasteiger partial charge in [-0.1, -0.05) is 25.1 Å². The Morgan fingerprint density at radius 1 is 1.39 bits per heavy atom. The van der Waals surface area contributed by atoms with E-state index in [2.05, 4.69) is 17.3 Å². The van der Waals surface area contributed by atoms with E-state index in [1.807, 2.05) is 41.2 Å². The van der Waals surface area contributed by atoms with Crippen molar-refractivity contribution in [1.29, 1.82) is 0 Å². The summed E-state index contributed by atoms with van der Waals surface area (Å²) in [6.45, 7) is 3.34. The lowest BCUT2D eigenvalue weighted by atomic mass is 9.92. The Morgan fingerprint density at radius 3 is 3.04 bits per heavy atom. The highest BCUT2D eigenvalue weighted by Gasteiger charge is 2.30. The van der Waals surface area contributed by atoms with Crippen molar-refractivity contribution >= 4 is 5.91 Å². The van der Waals surface area contributed by atoms with Crippen LogP contribution in [0.3, 0.4) is 0 Å². The van der Waals surface area contributed by atoms with Gasteiger partial charge in [0.15, 0.2) is 0 Å². The summed E-state index contributed by atoms with van der Waals surface area (Å²) in [6, 6.07) is 9.87. The number of ether oxygens (including phenoxy) is 1. The van der Waals surface area contributed by atoms with Crippen LogP contribution in [0.5, 0.6) is 0 Å². The van der Waals surface area contributed by atoms with Crippen LogP contribution in [0, 0.1) is 5.92 Å². The molecular formula is C18H23N3O2. The van der Waals surface area contributed by atoms with Crippen LogP contribution in [0.15, 0.2) is 42.7 Å². The summed E-state index contributed by atoms with van der Waals surface area (Å²) in [7, 11) is 0. The summed E-state index contributed by atoms with van der Waals surface area (Å²) in [5.74, 6) is 0.0532. The molecule has 0 bridgehead atoms.